The minimum atomic E-state index is -4.56. The van der Waals surface area contributed by atoms with Crippen molar-refractivity contribution in [1.29, 1.82) is 0 Å². The normalized spacial score (nSPS) is 22.3. The van der Waals surface area contributed by atoms with Crippen molar-refractivity contribution in [2.75, 3.05) is 19.6 Å². The molecule has 200 valence electrons. The number of benzene rings is 2. The standard InChI is InChI=1S/C26H23ClF4N4O2S/c1-2-33-8-7-22(20(28)14-33)35-24(36)23(38-25(35)37)10-15-3-6-21-17(9-15)12-32-34(21)13-16-4-5-18(27)11-19(16)26(29,30)31/h3-6,9-12,20,22H,2,7-8,13-14H2,1H3/b23-10-/t20-,22-/m1/s1. The van der Waals surface area contributed by atoms with Crippen molar-refractivity contribution in [2.45, 2.75) is 38.3 Å². The number of hydrogen-bond acceptors (Lipinski definition) is 5. The second-order valence-electron chi connectivity index (χ2n) is 9.24. The number of rotatable bonds is 5. The lowest BCUT2D eigenvalue weighted by atomic mass is 10.0. The molecule has 2 atom stereocenters. The monoisotopic (exact) mass is 566 g/mol. The molecule has 38 heavy (non-hydrogen) atoms. The van der Waals surface area contributed by atoms with Crippen molar-refractivity contribution in [3.05, 3.63) is 69.2 Å². The number of piperidine rings is 1. The van der Waals surface area contributed by atoms with Crippen LogP contribution in [-0.4, -0.2) is 62.6 Å². The molecular weight excluding hydrogens is 544 g/mol. The Balaban J connectivity index is 1.37. The van der Waals surface area contributed by atoms with Crippen molar-refractivity contribution in [3.63, 3.8) is 0 Å². The van der Waals surface area contributed by atoms with Crippen LogP contribution in [0.3, 0.4) is 0 Å². The van der Waals surface area contributed by atoms with Gasteiger partial charge in [-0.2, -0.15) is 18.3 Å². The molecule has 0 radical (unpaired) electrons. The highest BCUT2D eigenvalue weighted by molar-refractivity contribution is 8.18. The quantitative estimate of drug-likeness (QED) is 0.271. The maximum atomic E-state index is 14.8. The highest BCUT2D eigenvalue weighted by Crippen LogP contribution is 2.37. The molecule has 0 bridgehead atoms. The molecule has 0 aliphatic carbocycles. The largest absolute Gasteiger partial charge is 0.416 e. The average molecular weight is 567 g/mol. The first-order valence-electron chi connectivity index (χ1n) is 12.0. The summed E-state index contributed by atoms with van der Waals surface area (Å²) in [6.45, 7) is 3.33. The van der Waals surface area contributed by atoms with Crippen LogP contribution in [0.25, 0.3) is 17.0 Å². The van der Waals surface area contributed by atoms with Gasteiger partial charge in [0, 0.05) is 23.5 Å². The predicted octanol–water partition coefficient (Wildman–Crippen LogP) is 6.23. The molecule has 12 heteroatoms. The van der Waals surface area contributed by atoms with Gasteiger partial charge in [0.15, 0.2) is 0 Å². The zero-order valence-corrected chi connectivity index (χ0v) is 21.8. The molecular formula is C26H23ClF4N4O2S. The van der Waals surface area contributed by atoms with Gasteiger partial charge in [0.05, 0.1) is 34.8 Å². The molecule has 0 spiro atoms. The summed E-state index contributed by atoms with van der Waals surface area (Å²) in [5.41, 5.74) is 0.418. The van der Waals surface area contributed by atoms with Crippen molar-refractivity contribution >= 4 is 51.5 Å². The first kappa shape index (κ1) is 26.7. The minimum Gasteiger partial charge on any atom is -0.301 e. The molecule has 3 heterocycles. The molecule has 6 nitrogen and oxygen atoms in total. The number of hydrogen-bond donors (Lipinski definition) is 0. The van der Waals surface area contributed by atoms with Crippen molar-refractivity contribution in [2.24, 2.45) is 0 Å². The number of nitrogens with zero attached hydrogens (tertiary/aromatic N) is 4. The molecule has 2 aliphatic rings. The van der Waals surface area contributed by atoms with Gasteiger partial charge >= 0.3 is 6.18 Å². The molecule has 0 N–H and O–H groups in total. The fourth-order valence-electron chi connectivity index (χ4n) is 4.88. The van der Waals surface area contributed by atoms with E-state index < -0.39 is 35.1 Å². The van der Waals surface area contributed by atoms with Crippen molar-refractivity contribution in [3.8, 4) is 0 Å². The van der Waals surface area contributed by atoms with Crippen LogP contribution in [0, 0.1) is 0 Å². The molecule has 0 saturated carbocycles. The number of fused-ring (bicyclic) bond motifs is 1. The first-order chi connectivity index (χ1) is 18.0. The summed E-state index contributed by atoms with van der Waals surface area (Å²) in [6, 6.07) is 7.96. The SMILES string of the molecule is CCN1CC[C@@H](N2C(=O)S/C(=C\c3ccc4c(cnn4Cc4ccc(Cl)cc4C(F)(F)F)c3)C2=O)[C@H](F)C1. The Kier molecular flexibility index (Phi) is 7.27. The Morgan fingerprint density at radius 2 is 1.97 bits per heavy atom. The highest BCUT2D eigenvalue weighted by atomic mass is 35.5. The van der Waals surface area contributed by atoms with E-state index in [1.54, 1.807) is 24.3 Å². The van der Waals surface area contributed by atoms with Gasteiger partial charge in [0.2, 0.25) is 0 Å². The summed E-state index contributed by atoms with van der Waals surface area (Å²) in [5, 5.41) is 4.40. The molecule has 1 aromatic heterocycles. The van der Waals surface area contributed by atoms with Gasteiger partial charge in [-0.1, -0.05) is 30.7 Å². The number of aromatic nitrogens is 2. The van der Waals surface area contributed by atoms with Crippen LogP contribution in [0.2, 0.25) is 5.02 Å². The maximum Gasteiger partial charge on any atom is 0.416 e. The fourth-order valence-corrected chi connectivity index (χ4v) is 5.94. The Bertz CT molecular complexity index is 1440. The minimum absolute atomic E-state index is 0.00564. The molecule has 2 saturated heterocycles. The van der Waals surface area contributed by atoms with E-state index in [1.807, 2.05) is 11.8 Å². The molecule has 2 fully saturated rings. The lowest BCUT2D eigenvalue weighted by molar-refractivity contribution is -0.138. The van der Waals surface area contributed by atoms with E-state index in [2.05, 4.69) is 5.10 Å². The molecule has 2 aromatic carbocycles. The Morgan fingerprint density at radius 3 is 2.68 bits per heavy atom. The van der Waals surface area contributed by atoms with Gasteiger partial charge in [-0.3, -0.25) is 19.2 Å². The first-order valence-corrected chi connectivity index (χ1v) is 13.2. The lowest BCUT2D eigenvalue weighted by Gasteiger charge is -2.37. The number of alkyl halides is 4. The van der Waals surface area contributed by atoms with Crippen LogP contribution >= 0.6 is 23.4 Å². The van der Waals surface area contributed by atoms with Crippen molar-refractivity contribution < 1.29 is 27.2 Å². The summed E-state index contributed by atoms with van der Waals surface area (Å²) < 4.78 is 56.8. The summed E-state index contributed by atoms with van der Waals surface area (Å²) in [6.07, 6.45) is -2.39. The van der Waals surface area contributed by atoms with E-state index in [4.69, 9.17) is 11.6 Å². The maximum absolute atomic E-state index is 14.8. The average Bonchev–Trinajstić information content (AvgIpc) is 3.38. The van der Waals surface area contributed by atoms with Crippen LogP contribution in [0.1, 0.15) is 30.0 Å². The number of halogens is 5. The summed E-state index contributed by atoms with van der Waals surface area (Å²) in [4.78, 5) is 28.9. The molecule has 0 unspecified atom stereocenters. The van der Waals surface area contributed by atoms with E-state index >= 15 is 0 Å². The van der Waals surface area contributed by atoms with Crippen LogP contribution in [0.5, 0.6) is 0 Å². The third-order valence-electron chi connectivity index (χ3n) is 6.85. The topological polar surface area (TPSA) is 58.4 Å². The van der Waals surface area contributed by atoms with Crippen LogP contribution < -0.4 is 0 Å². The summed E-state index contributed by atoms with van der Waals surface area (Å²) in [7, 11) is 0. The highest BCUT2D eigenvalue weighted by Gasteiger charge is 2.44. The van der Waals surface area contributed by atoms with Gasteiger partial charge < -0.3 is 4.90 Å². The van der Waals surface area contributed by atoms with Gasteiger partial charge in [-0.05, 0) is 66.2 Å². The van der Waals surface area contributed by atoms with Gasteiger partial charge in [0.25, 0.3) is 11.1 Å². The Morgan fingerprint density at radius 1 is 1.18 bits per heavy atom. The lowest BCUT2D eigenvalue weighted by Crippen LogP contribution is -2.53. The molecule has 5 rings (SSSR count). The Hall–Kier alpha value is -2.89. The van der Waals surface area contributed by atoms with Crippen LogP contribution in [0.4, 0.5) is 22.4 Å². The number of amides is 2. The van der Waals surface area contributed by atoms with Crippen molar-refractivity contribution in [1.82, 2.24) is 19.6 Å². The number of carbonyl (C=O) groups excluding carboxylic acids is 2. The third-order valence-corrected chi connectivity index (χ3v) is 7.97. The molecule has 3 aromatic rings. The predicted molar refractivity (Wildman–Crippen MR) is 139 cm³/mol. The second kappa shape index (κ2) is 10.3. The smallest absolute Gasteiger partial charge is 0.301 e. The van der Waals surface area contributed by atoms with E-state index in [0.717, 1.165) is 22.7 Å². The summed E-state index contributed by atoms with van der Waals surface area (Å²) in [5.74, 6) is -0.518. The summed E-state index contributed by atoms with van der Waals surface area (Å²) >= 11 is 6.56. The van der Waals surface area contributed by atoms with E-state index in [9.17, 15) is 27.2 Å². The van der Waals surface area contributed by atoms with Crippen LogP contribution in [0.15, 0.2) is 47.5 Å². The van der Waals surface area contributed by atoms with Gasteiger partial charge in [-0.25, -0.2) is 4.39 Å². The number of carbonyl (C=O) groups is 2. The molecule has 2 aliphatic heterocycles. The Labute approximate surface area is 225 Å². The molecule has 2 amide bonds. The van der Waals surface area contributed by atoms with E-state index in [0.29, 0.717) is 36.0 Å². The number of likely N-dealkylation sites (tertiary alicyclic amines) is 1. The zero-order chi connectivity index (χ0) is 27.2. The van der Waals surface area contributed by atoms with E-state index in [1.165, 1.54) is 23.0 Å². The zero-order valence-electron chi connectivity index (χ0n) is 20.2. The van der Waals surface area contributed by atoms with E-state index in [-0.39, 0.29) is 28.6 Å². The third kappa shape index (κ3) is 5.19. The fraction of sp³-hybridized carbons (Fsp3) is 0.346. The second-order valence-corrected chi connectivity index (χ2v) is 10.7. The van der Waals surface area contributed by atoms with Crippen LogP contribution in [-0.2, 0) is 17.5 Å². The number of thioether (sulfide) groups is 1. The van der Waals surface area contributed by atoms with Gasteiger partial charge in [0.1, 0.15) is 6.17 Å². The number of imide groups is 1. The van der Waals surface area contributed by atoms with Gasteiger partial charge in [-0.15, -0.1) is 0 Å².